The maximum absolute atomic E-state index is 12.9. The first-order valence-corrected chi connectivity index (χ1v) is 16.8. The molecule has 3 aromatic rings. The zero-order valence-corrected chi connectivity index (χ0v) is 26.4. The van der Waals surface area contributed by atoms with E-state index in [4.69, 9.17) is 4.74 Å². The number of rotatable bonds is 20. The van der Waals surface area contributed by atoms with E-state index in [9.17, 15) is 23.7 Å². The molecule has 9 heteroatoms. The van der Waals surface area contributed by atoms with E-state index in [-0.39, 0.29) is 12.4 Å². The molecule has 0 fully saturated rings. The summed E-state index contributed by atoms with van der Waals surface area (Å²) in [5.74, 6) is 0.0361. The van der Waals surface area contributed by atoms with Crippen LogP contribution in [0.3, 0.4) is 0 Å². The predicted octanol–water partition coefficient (Wildman–Crippen LogP) is 5.41. The summed E-state index contributed by atoms with van der Waals surface area (Å²) in [6.45, 7) is 4.76. The van der Waals surface area contributed by atoms with E-state index < -0.39 is 16.1 Å². The molecule has 1 unspecified atom stereocenters. The number of hydrogen-bond acceptors (Lipinski definition) is 7. The number of aliphatic hydroxyl groups excluding tert-OH is 2. The second-order valence-electron chi connectivity index (χ2n) is 10.9. The molecule has 0 radical (unpaired) electrons. The van der Waals surface area contributed by atoms with Gasteiger partial charge >= 0.3 is 0 Å². The molecule has 0 aliphatic heterocycles. The fraction of sp³-hybridized carbons (Fsp3) is 0.471. The third-order valence-electron chi connectivity index (χ3n) is 7.68. The van der Waals surface area contributed by atoms with Crippen LogP contribution in [0.15, 0.2) is 71.6 Å². The third-order valence-corrected chi connectivity index (χ3v) is 9.67. The average Bonchev–Trinajstić information content (AvgIpc) is 3.03. The van der Waals surface area contributed by atoms with Crippen molar-refractivity contribution in [3.8, 4) is 16.9 Å². The summed E-state index contributed by atoms with van der Waals surface area (Å²) in [4.78, 5) is 0.334. The highest BCUT2D eigenvalue weighted by Gasteiger charge is 2.23. The molecule has 0 aromatic heterocycles. The normalized spacial score (nSPS) is 12.6. The summed E-state index contributed by atoms with van der Waals surface area (Å²) >= 11 is 0. The average molecular weight is 613 g/mol. The van der Waals surface area contributed by atoms with Gasteiger partial charge in [0.25, 0.3) is 0 Å². The molecule has 0 aliphatic rings. The monoisotopic (exact) mass is 612 g/mol. The second-order valence-corrected chi connectivity index (χ2v) is 12.9. The Balaban J connectivity index is 1.24. The Labute approximate surface area is 257 Å². The molecule has 0 heterocycles. The van der Waals surface area contributed by atoms with Crippen molar-refractivity contribution < 1.29 is 28.5 Å². The summed E-state index contributed by atoms with van der Waals surface area (Å²) in [7, 11) is -1.93. The number of unbranched alkanes of at least 4 members (excludes halogenated alkanes) is 4. The van der Waals surface area contributed by atoms with Crippen LogP contribution in [0, 0.1) is 0 Å². The number of aromatic hydroxyl groups is 1. The van der Waals surface area contributed by atoms with E-state index in [1.165, 1.54) is 15.9 Å². The smallest absolute Gasteiger partial charge is 0.243 e. The van der Waals surface area contributed by atoms with Crippen molar-refractivity contribution >= 4 is 10.0 Å². The van der Waals surface area contributed by atoms with Gasteiger partial charge in [-0.05, 0) is 73.5 Å². The SMILES string of the molecule is CCN(C)S(=O)(=O)c1ccccc1-c1ccc(CCCCOCCCCCCNCC(O)c2ccc(O)c(CO)c2)cc1. The minimum atomic E-state index is -3.53. The van der Waals surface area contributed by atoms with Gasteiger partial charge in [-0.3, -0.25) is 0 Å². The van der Waals surface area contributed by atoms with E-state index >= 15 is 0 Å². The largest absolute Gasteiger partial charge is 0.508 e. The lowest BCUT2D eigenvalue weighted by Crippen LogP contribution is -2.27. The number of hydrogen-bond donors (Lipinski definition) is 4. The van der Waals surface area contributed by atoms with Gasteiger partial charge in [-0.2, -0.15) is 0 Å². The summed E-state index contributed by atoms with van der Waals surface area (Å²) in [5.41, 5.74) is 3.95. The van der Waals surface area contributed by atoms with Crippen molar-refractivity contribution in [2.75, 3.05) is 39.9 Å². The molecule has 0 aliphatic carbocycles. The van der Waals surface area contributed by atoms with Crippen LogP contribution in [-0.2, 0) is 27.8 Å². The maximum atomic E-state index is 12.9. The van der Waals surface area contributed by atoms with Crippen LogP contribution in [0.5, 0.6) is 5.75 Å². The Morgan fingerprint density at radius 1 is 0.907 bits per heavy atom. The molecule has 0 saturated carbocycles. The topological polar surface area (TPSA) is 119 Å². The molecule has 236 valence electrons. The van der Waals surface area contributed by atoms with E-state index in [2.05, 4.69) is 17.4 Å². The van der Waals surface area contributed by atoms with Crippen LogP contribution in [-0.4, -0.2) is 67.9 Å². The van der Waals surface area contributed by atoms with Crippen molar-refractivity contribution in [3.05, 3.63) is 83.4 Å². The van der Waals surface area contributed by atoms with Gasteiger partial charge in [-0.25, -0.2) is 12.7 Å². The van der Waals surface area contributed by atoms with E-state index in [0.717, 1.165) is 75.8 Å². The summed E-state index contributed by atoms with van der Waals surface area (Å²) in [6, 6.07) is 20.1. The van der Waals surface area contributed by atoms with Crippen molar-refractivity contribution in [1.29, 1.82) is 0 Å². The van der Waals surface area contributed by atoms with Crippen molar-refractivity contribution in [1.82, 2.24) is 9.62 Å². The lowest BCUT2D eigenvalue weighted by Gasteiger charge is -2.18. The lowest BCUT2D eigenvalue weighted by molar-refractivity contribution is 0.126. The van der Waals surface area contributed by atoms with Gasteiger partial charge in [0.05, 0.1) is 17.6 Å². The number of ether oxygens (including phenoxy) is 1. The number of aliphatic hydroxyl groups is 2. The van der Waals surface area contributed by atoms with Crippen molar-refractivity contribution in [2.45, 2.75) is 69.5 Å². The zero-order valence-electron chi connectivity index (χ0n) is 25.5. The fourth-order valence-corrected chi connectivity index (χ4v) is 6.25. The van der Waals surface area contributed by atoms with Crippen LogP contribution in [0.4, 0.5) is 0 Å². The van der Waals surface area contributed by atoms with Gasteiger partial charge in [0.15, 0.2) is 0 Å². The summed E-state index contributed by atoms with van der Waals surface area (Å²) < 4.78 is 33.1. The first-order valence-electron chi connectivity index (χ1n) is 15.3. The van der Waals surface area contributed by atoms with Gasteiger partial charge in [0.1, 0.15) is 5.75 Å². The molecular weight excluding hydrogens is 564 g/mol. The minimum absolute atomic E-state index is 0.0361. The van der Waals surface area contributed by atoms with Gasteiger partial charge in [-0.15, -0.1) is 0 Å². The fourth-order valence-electron chi connectivity index (χ4n) is 4.86. The van der Waals surface area contributed by atoms with Gasteiger partial charge in [0, 0.05) is 44.5 Å². The Bertz CT molecular complexity index is 1350. The molecule has 3 aromatic carbocycles. The number of benzene rings is 3. The lowest BCUT2D eigenvalue weighted by atomic mass is 10.0. The van der Waals surface area contributed by atoms with E-state index in [1.54, 1.807) is 31.3 Å². The highest BCUT2D eigenvalue weighted by molar-refractivity contribution is 7.89. The van der Waals surface area contributed by atoms with Crippen LogP contribution in [0.1, 0.15) is 68.2 Å². The summed E-state index contributed by atoms with van der Waals surface area (Å²) in [5, 5.41) is 32.5. The van der Waals surface area contributed by atoms with Crippen LogP contribution < -0.4 is 5.32 Å². The van der Waals surface area contributed by atoms with Crippen LogP contribution in [0.25, 0.3) is 11.1 Å². The third kappa shape index (κ3) is 10.7. The molecule has 0 spiro atoms. The Hall–Kier alpha value is -2.79. The van der Waals surface area contributed by atoms with E-state index in [0.29, 0.717) is 29.1 Å². The Morgan fingerprint density at radius 2 is 1.60 bits per heavy atom. The van der Waals surface area contributed by atoms with Gasteiger partial charge < -0.3 is 25.4 Å². The predicted molar refractivity (Wildman–Crippen MR) is 171 cm³/mol. The number of nitrogens with one attached hydrogen (secondary N) is 1. The van der Waals surface area contributed by atoms with Crippen molar-refractivity contribution in [3.63, 3.8) is 0 Å². The quantitative estimate of drug-likeness (QED) is 0.126. The second kappa shape index (κ2) is 18.1. The Morgan fingerprint density at radius 3 is 2.33 bits per heavy atom. The van der Waals surface area contributed by atoms with Gasteiger partial charge in [-0.1, -0.05) is 68.3 Å². The molecule has 1 atom stereocenters. The number of phenols is 1. The van der Waals surface area contributed by atoms with Gasteiger partial charge in [0.2, 0.25) is 10.0 Å². The first-order chi connectivity index (χ1) is 20.8. The molecule has 0 bridgehead atoms. The van der Waals surface area contributed by atoms with Crippen LogP contribution in [0.2, 0.25) is 0 Å². The molecule has 43 heavy (non-hydrogen) atoms. The zero-order chi connectivity index (χ0) is 31.1. The molecule has 3 rings (SSSR count). The molecule has 0 amide bonds. The number of nitrogens with zero attached hydrogens (tertiary/aromatic N) is 1. The summed E-state index contributed by atoms with van der Waals surface area (Å²) in [6.07, 6.45) is 6.58. The minimum Gasteiger partial charge on any atom is -0.508 e. The standard InChI is InChI=1S/C34H48N2O6S/c1-3-36(2)43(40,41)34-14-7-6-13-31(34)28-17-15-27(16-18-28)12-8-11-23-42-22-10-5-4-9-21-35-25-33(39)29-19-20-32(38)30(24-29)26-37/h6-7,13-20,24,33,35,37-39H,3-5,8-12,21-23,25-26H2,1-2H3. The number of aryl methyl sites for hydroxylation is 1. The molecular formula is C34H48N2O6S. The molecule has 0 saturated heterocycles. The number of sulfonamides is 1. The van der Waals surface area contributed by atoms with Crippen LogP contribution >= 0.6 is 0 Å². The molecule has 8 nitrogen and oxygen atoms in total. The Kier molecular flexibility index (Phi) is 14.6. The highest BCUT2D eigenvalue weighted by atomic mass is 32.2. The van der Waals surface area contributed by atoms with E-state index in [1.807, 2.05) is 31.2 Å². The van der Waals surface area contributed by atoms with Crippen molar-refractivity contribution in [2.24, 2.45) is 0 Å². The highest BCUT2D eigenvalue weighted by Crippen LogP contribution is 2.29. The molecule has 4 N–H and O–H groups in total. The maximum Gasteiger partial charge on any atom is 0.243 e. The first kappa shape index (κ1) is 34.7.